The number of unbranched alkanes of at least 4 members (excludes halogenated alkanes) is 4. The number of hydrogen-bond acceptors (Lipinski definition) is 6. The quantitative estimate of drug-likeness (QED) is 0.238. The third-order valence-electron chi connectivity index (χ3n) is 6.51. The first-order valence-electron chi connectivity index (χ1n) is 13.2. The van der Waals surface area contributed by atoms with Gasteiger partial charge in [0, 0.05) is 31.5 Å². The number of carbonyl (C=O) groups excluding carboxylic acids is 2. The molecule has 0 bridgehead atoms. The Balaban J connectivity index is 2.11. The fraction of sp³-hybridized carbons (Fsp3) is 0.586. The van der Waals surface area contributed by atoms with Crippen molar-refractivity contribution in [3.05, 3.63) is 45.6 Å². The van der Waals surface area contributed by atoms with Crippen molar-refractivity contribution in [3.63, 3.8) is 0 Å². The van der Waals surface area contributed by atoms with E-state index in [2.05, 4.69) is 25.3 Å². The largest absolute Gasteiger partial charge is 0.493 e. The number of carbonyl (C=O) groups is 2. The van der Waals surface area contributed by atoms with Gasteiger partial charge in [-0.25, -0.2) is 0 Å². The van der Waals surface area contributed by atoms with E-state index < -0.39 is 0 Å². The number of nitrogens with zero attached hydrogens (tertiary/aromatic N) is 2. The van der Waals surface area contributed by atoms with Crippen molar-refractivity contribution in [2.24, 2.45) is 0 Å². The minimum absolute atomic E-state index is 0.0223. The van der Waals surface area contributed by atoms with Gasteiger partial charge in [-0.05, 0) is 54.5 Å². The van der Waals surface area contributed by atoms with Crippen molar-refractivity contribution in [1.29, 1.82) is 0 Å². The molecule has 2 aromatic rings. The maximum atomic E-state index is 13.6. The van der Waals surface area contributed by atoms with Gasteiger partial charge in [-0.1, -0.05) is 38.7 Å². The number of thiophene rings is 1. The Kier molecular flexibility index (Phi) is 14.1. The van der Waals surface area contributed by atoms with Gasteiger partial charge < -0.3 is 24.0 Å². The van der Waals surface area contributed by atoms with Crippen LogP contribution in [-0.4, -0.2) is 69.2 Å². The molecule has 206 valence electrons. The second-order valence-electron chi connectivity index (χ2n) is 9.25. The van der Waals surface area contributed by atoms with Crippen molar-refractivity contribution < 1.29 is 23.8 Å². The van der Waals surface area contributed by atoms with Crippen LogP contribution < -0.4 is 9.47 Å². The molecule has 0 aliphatic rings. The van der Waals surface area contributed by atoms with Crippen LogP contribution in [0.1, 0.15) is 61.5 Å². The molecule has 0 saturated heterocycles. The van der Waals surface area contributed by atoms with Crippen molar-refractivity contribution in [2.45, 2.75) is 65.3 Å². The molecule has 1 aromatic heterocycles. The van der Waals surface area contributed by atoms with Crippen molar-refractivity contribution in [3.8, 4) is 11.5 Å². The van der Waals surface area contributed by atoms with E-state index in [1.807, 2.05) is 23.1 Å². The predicted octanol–water partition coefficient (Wildman–Crippen LogP) is 5.48. The van der Waals surface area contributed by atoms with Crippen LogP contribution in [0.5, 0.6) is 11.5 Å². The Labute approximate surface area is 226 Å². The summed E-state index contributed by atoms with van der Waals surface area (Å²) in [5, 5.41) is 2.05. The van der Waals surface area contributed by atoms with E-state index >= 15 is 0 Å². The van der Waals surface area contributed by atoms with Gasteiger partial charge in [-0.3, -0.25) is 9.59 Å². The van der Waals surface area contributed by atoms with Crippen molar-refractivity contribution >= 4 is 23.2 Å². The average molecular weight is 533 g/mol. The summed E-state index contributed by atoms with van der Waals surface area (Å²) in [7, 11) is 4.85. The van der Waals surface area contributed by atoms with Gasteiger partial charge in [-0.2, -0.15) is 0 Å². The van der Waals surface area contributed by atoms with Gasteiger partial charge in [0.1, 0.15) is 0 Å². The predicted molar refractivity (Wildman–Crippen MR) is 150 cm³/mol. The van der Waals surface area contributed by atoms with E-state index in [0.717, 1.165) is 29.7 Å². The summed E-state index contributed by atoms with van der Waals surface area (Å²) in [6.07, 6.45) is 6.54. The normalized spacial score (nSPS) is 10.8. The number of amides is 2. The summed E-state index contributed by atoms with van der Waals surface area (Å²) in [5.41, 5.74) is 2.23. The monoisotopic (exact) mass is 532 g/mol. The molecule has 0 aliphatic carbocycles. The molecule has 0 unspecified atom stereocenters. The molecule has 37 heavy (non-hydrogen) atoms. The van der Waals surface area contributed by atoms with Gasteiger partial charge in [0.05, 0.1) is 33.9 Å². The fourth-order valence-electron chi connectivity index (χ4n) is 4.13. The highest BCUT2D eigenvalue weighted by Gasteiger charge is 2.22. The van der Waals surface area contributed by atoms with E-state index in [4.69, 9.17) is 14.2 Å². The Morgan fingerprint density at radius 3 is 2.30 bits per heavy atom. The molecular formula is C29H44N2O5S. The molecule has 0 fully saturated rings. The minimum atomic E-state index is -0.0521. The van der Waals surface area contributed by atoms with Crippen LogP contribution in [0.4, 0.5) is 0 Å². The molecule has 7 nitrogen and oxygen atoms in total. The van der Waals surface area contributed by atoms with Crippen LogP contribution in [0.3, 0.4) is 0 Å². The molecule has 1 aromatic carbocycles. The first kappa shape index (κ1) is 30.6. The third kappa shape index (κ3) is 10.4. The molecule has 0 N–H and O–H groups in total. The summed E-state index contributed by atoms with van der Waals surface area (Å²) in [4.78, 5) is 31.3. The standard InChI is InChI=1S/C29H44N2O5S/c1-6-7-8-9-10-11-28(32)31(17-18-34-3)22-29(33)30(21-27-23(2)15-19-37-27)16-14-24-12-13-25(35-4)26(20-24)36-5/h12-13,15,19-20H,6-11,14,16-18,21-22H2,1-5H3. The molecule has 0 saturated carbocycles. The Bertz CT molecular complexity index is 962. The smallest absolute Gasteiger partial charge is 0.242 e. The van der Waals surface area contributed by atoms with Crippen molar-refractivity contribution in [1.82, 2.24) is 9.80 Å². The first-order valence-corrected chi connectivity index (χ1v) is 14.1. The van der Waals surface area contributed by atoms with Crippen LogP contribution in [-0.2, 0) is 27.3 Å². The van der Waals surface area contributed by atoms with Crippen LogP contribution in [0.15, 0.2) is 29.6 Å². The van der Waals surface area contributed by atoms with Crippen LogP contribution in [0.25, 0.3) is 0 Å². The van der Waals surface area contributed by atoms with Crippen LogP contribution in [0, 0.1) is 6.92 Å². The zero-order valence-electron chi connectivity index (χ0n) is 23.2. The van der Waals surface area contributed by atoms with E-state index in [9.17, 15) is 9.59 Å². The number of aryl methyl sites for hydroxylation is 1. The van der Waals surface area contributed by atoms with Gasteiger partial charge >= 0.3 is 0 Å². The molecule has 0 aliphatic heterocycles. The Morgan fingerprint density at radius 1 is 0.892 bits per heavy atom. The van der Waals surface area contributed by atoms with Crippen molar-refractivity contribution in [2.75, 3.05) is 47.6 Å². The topological polar surface area (TPSA) is 68.3 Å². The molecule has 0 atom stereocenters. The maximum absolute atomic E-state index is 13.6. The highest BCUT2D eigenvalue weighted by molar-refractivity contribution is 7.10. The number of benzene rings is 1. The number of ether oxygens (including phenoxy) is 3. The van der Waals surface area contributed by atoms with Crippen LogP contribution >= 0.6 is 11.3 Å². The van der Waals surface area contributed by atoms with E-state index in [0.29, 0.717) is 50.6 Å². The molecule has 0 radical (unpaired) electrons. The number of hydrogen-bond donors (Lipinski definition) is 0. The average Bonchev–Trinajstić information content (AvgIpc) is 3.32. The lowest BCUT2D eigenvalue weighted by atomic mass is 10.1. The summed E-state index contributed by atoms with van der Waals surface area (Å²) in [6.45, 7) is 6.19. The van der Waals surface area contributed by atoms with Gasteiger partial charge in [-0.15, -0.1) is 11.3 Å². The molecule has 1 heterocycles. The molecule has 2 amide bonds. The van der Waals surface area contributed by atoms with Gasteiger partial charge in [0.2, 0.25) is 11.8 Å². The Hall–Kier alpha value is -2.58. The lowest BCUT2D eigenvalue weighted by molar-refractivity contribution is -0.141. The first-order chi connectivity index (χ1) is 17.9. The second-order valence-corrected chi connectivity index (χ2v) is 10.3. The summed E-state index contributed by atoms with van der Waals surface area (Å²) < 4.78 is 16.0. The zero-order chi connectivity index (χ0) is 27.0. The molecular weight excluding hydrogens is 488 g/mol. The number of methoxy groups -OCH3 is 3. The number of rotatable bonds is 18. The molecule has 8 heteroatoms. The van der Waals surface area contributed by atoms with Gasteiger partial charge in [0.25, 0.3) is 0 Å². The Morgan fingerprint density at radius 2 is 1.65 bits per heavy atom. The van der Waals surface area contributed by atoms with E-state index in [-0.39, 0.29) is 18.4 Å². The summed E-state index contributed by atoms with van der Waals surface area (Å²) >= 11 is 1.65. The minimum Gasteiger partial charge on any atom is -0.493 e. The summed E-state index contributed by atoms with van der Waals surface area (Å²) in [5.74, 6) is 1.32. The fourth-order valence-corrected chi connectivity index (χ4v) is 5.05. The van der Waals surface area contributed by atoms with Crippen LogP contribution in [0.2, 0.25) is 0 Å². The second kappa shape index (κ2) is 17.0. The molecule has 0 spiro atoms. The third-order valence-corrected chi connectivity index (χ3v) is 7.52. The summed E-state index contributed by atoms with van der Waals surface area (Å²) in [6, 6.07) is 7.90. The zero-order valence-corrected chi connectivity index (χ0v) is 24.0. The highest BCUT2D eigenvalue weighted by Crippen LogP contribution is 2.28. The van der Waals surface area contributed by atoms with E-state index in [1.54, 1.807) is 37.6 Å². The van der Waals surface area contributed by atoms with E-state index in [1.165, 1.54) is 18.4 Å². The maximum Gasteiger partial charge on any atom is 0.242 e. The molecule has 2 rings (SSSR count). The lowest BCUT2D eigenvalue weighted by Gasteiger charge is -2.28. The SMILES string of the molecule is CCCCCCCC(=O)N(CCOC)CC(=O)N(CCc1ccc(OC)c(OC)c1)Cc1sccc1C. The lowest BCUT2D eigenvalue weighted by Crippen LogP contribution is -2.44. The highest BCUT2D eigenvalue weighted by atomic mass is 32.1. The van der Waals surface area contributed by atoms with Gasteiger partial charge in [0.15, 0.2) is 11.5 Å².